The Morgan fingerprint density at radius 2 is 1.64 bits per heavy atom. The van der Waals surface area contributed by atoms with Crippen LogP contribution in [0.15, 0.2) is 66.7 Å². The lowest BCUT2D eigenvalue weighted by atomic mass is 9.87. The smallest absolute Gasteiger partial charge is 0.123 e. The van der Waals surface area contributed by atoms with Crippen LogP contribution < -0.4 is 9.64 Å². The highest BCUT2D eigenvalue weighted by atomic mass is 35.5. The number of halogens is 2. The fourth-order valence-corrected chi connectivity index (χ4v) is 4.93. The summed E-state index contributed by atoms with van der Waals surface area (Å²) in [7, 11) is 0. The van der Waals surface area contributed by atoms with Crippen LogP contribution in [0.4, 0.5) is 10.1 Å². The van der Waals surface area contributed by atoms with Crippen LogP contribution in [-0.4, -0.2) is 42.8 Å². The van der Waals surface area contributed by atoms with Gasteiger partial charge in [0.05, 0.1) is 6.04 Å². The second-order valence-electron chi connectivity index (χ2n) is 8.67. The zero-order valence-corrected chi connectivity index (χ0v) is 19.4. The molecule has 3 aromatic rings. The fourth-order valence-electron chi connectivity index (χ4n) is 4.93. The highest BCUT2D eigenvalue weighted by Gasteiger charge is 2.29. The highest BCUT2D eigenvalue weighted by molar-refractivity contribution is 5.85. The molecule has 2 aliphatic heterocycles. The molecule has 4 nitrogen and oxygen atoms in total. The SMILES string of the molecule is Cl.Oc1ccc2c(c1)CCN(c1ccc(F)cc1)C2c1ccc(OCCN2CCCC2)cc1. The number of nitrogens with zero attached hydrogens (tertiary/aromatic N) is 2. The van der Waals surface area contributed by atoms with Crippen LogP contribution in [0.5, 0.6) is 11.5 Å². The summed E-state index contributed by atoms with van der Waals surface area (Å²) in [6.45, 7) is 4.82. The second-order valence-corrected chi connectivity index (χ2v) is 8.67. The Labute approximate surface area is 201 Å². The molecule has 174 valence electrons. The third-order valence-electron chi connectivity index (χ3n) is 6.58. The predicted octanol–water partition coefficient (Wildman–Crippen LogP) is 5.58. The third kappa shape index (κ3) is 5.26. The second kappa shape index (κ2) is 10.4. The molecule has 0 amide bonds. The number of phenolic OH excluding ortho intramolecular Hbond substituents is 1. The number of benzene rings is 3. The van der Waals surface area contributed by atoms with Gasteiger partial charge in [-0.3, -0.25) is 4.90 Å². The zero-order chi connectivity index (χ0) is 21.9. The van der Waals surface area contributed by atoms with Gasteiger partial charge in [-0.25, -0.2) is 4.39 Å². The summed E-state index contributed by atoms with van der Waals surface area (Å²) in [6, 6.07) is 20.6. The van der Waals surface area contributed by atoms with Crippen molar-refractivity contribution in [2.75, 3.05) is 37.7 Å². The van der Waals surface area contributed by atoms with E-state index in [4.69, 9.17) is 4.74 Å². The van der Waals surface area contributed by atoms with Gasteiger partial charge < -0.3 is 14.7 Å². The molecule has 3 aromatic carbocycles. The van der Waals surface area contributed by atoms with Crippen molar-refractivity contribution in [3.8, 4) is 11.5 Å². The molecule has 0 radical (unpaired) electrons. The summed E-state index contributed by atoms with van der Waals surface area (Å²) in [5.41, 5.74) is 4.45. The van der Waals surface area contributed by atoms with Crippen LogP contribution in [0.1, 0.15) is 35.6 Å². The van der Waals surface area contributed by atoms with Crippen LogP contribution in [-0.2, 0) is 6.42 Å². The molecule has 2 aliphatic rings. The van der Waals surface area contributed by atoms with Crippen LogP contribution in [0, 0.1) is 5.82 Å². The van der Waals surface area contributed by atoms with E-state index in [1.165, 1.54) is 43.6 Å². The van der Waals surface area contributed by atoms with Gasteiger partial charge in [0.1, 0.15) is 23.9 Å². The van der Waals surface area contributed by atoms with Gasteiger partial charge in [0.25, 0.3) is 0 Å². The Morgan fingerprint density at radius 3 is 2.36 bits per heavy atom. The molecular formula is C27H30ClFN2O2. The van der Waals surface area contributed by atoms with Crippen LogP contribution in [0.2, 0.25) is 0 Å². The van der Waals surface area contributed by atoms with Crippen molar-refractivity contribution in [3.63, 3.8) is 0 Å². The molecule has 33 heavy (non-hydrogen) atoms. The molecule has 1 saturated heterocycles. The Kier molecular flexibility index (Phi) is 7.41. The number of ether oxygens (including phenoxy) is 1. The van der Waals surface area contributed by atoms with Crippen molar-refractivity contribution in [1.29, 1.82) is 0 Å². The molecular weight excluding hydrogens is 439 g/mol. The van der Waals surface area contributed by atoms with Crippen LogP contribution in [0.3, 0.4) is 0 Å². The summed E-state index contributed by atoms with van der Waals surface area (Å²) in [5, 5.41) is 9.98. The normalized spacial score (nSPS) is 18.0. The molecule has 2 heterocycles. The van der Waals surface area contributed by atoms with E-state index >= 15 is 0 Å². The van der Waals surface area contributed by atoms with Crippen molar-refractivity contribution in [2.24, 2.45) is 0 Å². The Bertz CT molecular complexity index is 1050. The summed E-state index contributed by atoms with van der Waals surface area (Å²) in [6.07, 6.45) is 3.41. The number of aromatic hydroxyl groups is 1. The predicted molar refractivity (Wildman–Crippen MR) is 132 cm³/mol. The first kappa shape index (κ1) is 23.4. The lowest BCUT2D eigenvalue weighted by Gasteiger charge is -2.39. The minimum atomic E-state index is -0.233. The maximum absolute atomic E-state index is 13.5. The number of rotatable bonds is 6. The zero-order valence-electron chi connectivity index (χ0n) is 18.6. The van der Waals surface area contributed by atoms with Crippen molar-refractivity contribution in [3.05, 3.63) is 89.2 Å². The molecule has 1 atom stereocenters. The average molecular weight is 469 g/mol. The van der Waals surface area contributed by atoms with E-state index in [-0.39, 0.29) is 24.3 Å². The highest BCUT2D eigenvalue weighted by Crippen LogP contribution is 2.39. The summed E-state index contributed by atoms with van der Waals surface area (Å²) < 4.78 is 19.5. The Balaban J connectivity index is 0.00000259. The molecule has 0 bridgehead atoms. The van der Waals surface area contributed by atoms with Crippen molar-refractivity contribution in [2.45, 2.75) is 25.3 Å². The quantitative estimate of drug-likeness (QED) is 0.512. The van der Waals surface area contributed by atoms with E-state index in [9.17, 15) is 9.50 Å². The third-order valence-corrected chi connectivity index (χ3v) is 6.58. The molecule has 0 spiro atoms. The molecule has 0 saturated carbocycles. The van der Waals surface area contributed by atoms with E-state index in [1.54, 1.807) is 6.07 Å². The largest absolute Gasteiger partial charge is 0.508 e. The number of fused-ring (bicyclic) bond motifs is 1. The lowest BCUT2D eigenvalue weighted by molar-refractivity contribution is 0.237. The minimum absolute atomic E-state index is 0. The molecule has 5 rings (SSSR count). The molecule has 0 aliphatic carbocycles. The van der Waals surface area contributed by atoms with E-state index in [0.29, 0.717) is 12.4 Å². The number of phenols is 1. The van der Waals surface area contributed by atoms with E-state index in [1.807, 2.05) is 36.4 Å². The van der Waals surface area contributed by atoms with Crippen LogP contribution in [0.25, 0.3) is 0 Å². The van der Waals surface area contributed by atoms with Crippen molar-refractivity contribution >= 4 is 18.1 Å². The topological polar surface area (TPSA) is 35.9 Å². The maximum Gasteiger partial charge on any atom is 0.123 e. The standard InChI is InChI=1S/C27H29FN2O2.ClH/c28-22-5-7-23(8-6-22)30-16-13-21-19-24(31)9-12-26(21)27(30)20-3-10-25(11-4-20)32-18-17-29-14-1-2-15-29;/h3-12,19,27,31H,1-2,13-18H2;1H. The maximum atomic E-state index is 13.5. The first-order chi connectivity index (χ1) is 15.7. The Morgan fingerprint density at radius 1 is 0.909 bits per heavy atom. The lowest BCUT2D eigenvalue weighted by Crippen LogP contribution is -2.36. The molecule has 6 heteroatoms. The number of hydrogen-bond donors (Lipinski definition) is 1. The first-order valence-electron chi connectivity index (χ1n) is 11.5. The first-order valence-corrected chi connectivity index (χ1v) is 11.5. The summed E-state index contributed by atoms with van der Waals surface area (Å²) >= 11 is 0. The van der Waals surface area contributed by atoms with Gasteiger partial charge in [0.15, 0.2) is 0 Å². The van der Waals surface area contributed by atoms with Gasteiger partial charge in [-0.15, -0.1) is 12.4 Å². The molecule has 1 N–H and O–H groups in total. The van der Waals surface area contributed by atoms with Crippen molar-refractivity contribution < 1.29 is 14.2 Å². The fraction of sp³-hybridized carbons (Fsp3) is 0.333. The number of hydrogen-bond acceptors (Lipinski definition) is 4. The van der Waals surface area contributed by atoms with Gasteiger partial charge in [0, 0.05) is 18.8 Å². The van der Waals surface area contributed by atoms with E-state index in [2.05, 4.69) is 21.9 Å². The number of anilines is 1. The van der Waals surface area contributed by atoms with E-state index < -0.39 is 0 Å². The minimum Gasteiger partial charge on any atom is -0.508 e. The van der Waals surface area contributed by atoms with Crippen molar-refractivity contribution in [1.82, 2.24) is 4.90 Å². The van der Waals surface area contributed by atoms with Gasteiger partial charge in [-0.05, 0) is 97.6 Å². The molecule has 1 unspecified atom stereocenters. The van der Waals surface area contributed by atoms with Gasteiger partial charge in [-0.1, -0.05) is 18.2 Å². The van der Waals surface area contributed by atoms with Gasteiger partial charge in [-0.2, -0.15) is 0 Å². The summed E-state index contributed by atoms with van der Waals surface area (Å²) in [5.74, 6) is 0.936. The molecule has 0 aromatic heterocycles. The Hall–Kier alpha value is -2.76. The monoisotopic (exact) mass is 468 g/mol. The van der Waals surface area contributed by atoms with Gasteiger partial charge in [0.2, 0.25) is 0 Å². The van der Waals surface area contributed by atoms with Crippen LogP contribution >= 0.6 is 12.4 Å². The van der Waals surface area contributed by atoms with E-state index in [0.717, 1.165) is 42.1 Å². The van der Waals surface area contributed by atoms with Gasteiger partial charge >= 0.3 is 0 Å². The number of likely N-dealkylation sites (tertiary alicyclic amines) is 1. The average Bonchev–Trinajstić information content (AvgIpc) is 3.33. The molecule has 1 fully saturated rings. The summed E-state index contributed by atoms with van der Waals surface area (Å²) in [4.78, 5) is 4.76.